The number of hydrogen-bond acceptors (Lipinski definition) is 4. The first-order valence-electron chi connectivity index (χ1n) is 9.85. The van der Waals surface area contributed by atoms with Gasteiger partial charge in [-0.2, -0.15) is 0 Å². The third kappa shape index (κ3) is 3.43. The van der Waals surface area contributed by atoms with Gasteiger partial charge in [0, 0.05) is 43.0 Å². The minimum atomic E-state index is -0.583. The average molecular weight is 405 g/mol. The summed E-state index contributed by atoms with van der Waals surface area (Å²) >= 11 is 0. The third-order valence-corrected chi connectivity index (χ3v) is 5.52. The van der Waals surface area contributed by atoms with E-state index in [1.807, 2.05) is 37.3 Å². The van der Waals surface area contributed by atoms with Gasteiger partial charge in [0.2, 0.25) is 0 Å². The number of aromatic amines is 1. The van der Waals surface area contributed by atoms with Crippen LogP contribution in [-0.2, 0) is 4.79 Å². The van der Waals surface area contributed by atoms with Crippen molar-refractivity contribution >= 4 is 28.5 Å². The van der Waals surface area contributed by atoms with Crippen LogP contribution < -0.4 is 4.74 Å². The van der Waals surface area contributed by atoms with E-state index >= 15 is 0 Å². The average Bonchev–Trinajstić information content (AvgIpc) is 3.22. The number of H-pyrrole nitrogens is 1. The number of ether oxygens (including phenoxy) is 1. The van der Waals surface area contributed by atoms with Gasteiger partial charge in [0.1, 0.15) is 5.75 Å². The Bertz CT molecular complexity index is 1110. The number of ketones is 1. The number of hydrogen-bond donors (Lipinski definition) is 1. The highest BCUT2D eigenvalue weighted by atomic mass is 16.5. The summed E-state index contributed by atoms with van der Waals surface area (Å²) in [5.74, 6) is -0.681. The van der Waals surface area contributed by atoms with Crippen LogP contribution in [0.4, 0.5) is 0 Å². The summed E-state index contributed by atoms with van der Waals surface area (Å²) < 4.78 is 5.36. The number of Topliss-reactive ketones (excluding diaryl/α,β-unsaturated/α-hetero) is 1. The number of carbonyl (C=O) groups excluding carboxylic acids is 3. The summed E-state index contributed by atoms with van der Waals surface area (Å²) in [4.78, 5) is 45.0. The number of carbonyl (C=O) groups is 3. The van der Waals surface area contributed by atoms with Crippen molar-refractivity contribution in [2.45, 2.75) is 13.0 Å². The van der Waals surface area contributed by atoms with E-state index in [-0.39, 0.29) is 11.9 Å². The van der Waals surface area contributed by atoms with Crippen LogP contribution in [0.1, 0.15) is 27.6 Å². The predicted octanol–water partition coefficient (Wildman–Crippen LogP) is 2.73. The summed E-state index contributed by atoms with van der Waals surface area (Å²) in [5, 5.41) is 0.601. The molecule has 1 atom stereocenters. The molecular weight excluding hydrogens is 382 g/mol. The number of benzene rings is 2. The Kier molecular flexibility index (Phi) is 5.27. The van der Waals surface area contributed by atoms with E-state index in [1.165, 1.54) is 7.11 Å². The fourth-order valence-corrected chi connectivity index (χ4v) is 3.95. The molecule has 1 N–H and O–H groups in total. The van der Waals surface area contributed by atoms with Gasteiger partial charge in [0.25, 0.3) is 17.6 Å². The van der Waals surface area contributed by atoms with E-state index in [2.05, 4.69) is 4.98 Å². The number of nitrogens with zero attached hydrogens (tertiary/aromatic N) is 2. The Balaban J connectivity index is 1.51. The van der Waals surface area contributed by atoms with Crippen LogP contribution in [0.3, 0.4) is 0 Å². The molecule has 30 heavy (non-hydrogen) atoms. The maximum atomic E-state index is 13.0. The topological polar surface area (TPSA) is 82.7 Å². The maximum absolute atomic E-state index is 13.0. The van der Waals surface area contributed by atoms with Gasteiger partial charge in [0.15, 0.2) is 0 Å². The lowest BCUT2D eigenvalue weighted by Crippen LogP contribution is -2.56. The molecule has 0 spiro atoms. The highest BCUT2D eigenvalue weighted by molar-refractivity contribution is 6.45. The van der Waals surface area contributed by atoms with Gasteiger partial charge in [-0.1, -0.05) is 24.3 Å². The van der Waals surface area contributed by atoms with E-state index < -0.39 is 11.7 Å². The molecule has 0 bridgehead atoms. The van der Waals surface area contributed by atoms with E-state index in [1.54, 1.807) is 34.2 Å². The molecule has 154 valence electrons. The maximum Gasteiger partial charge on any atom is 0.295 e. The Morgan fingerprint density at radius 1 is 1.03 bits per heavy atom. The predicted molar refractivity (Wildman–Crippen MR) is 113 cm³/mol. The Hall–Kier alpha value is -3.61. The number of rotatable bonds is 4. The Labute approximate surface area is 174 Å². The van der Waals surface area contributed by atoms with E-state index in [0.29, 0.717) is 41.9 Å². The van der Waals surface area contributed by atoms with Crippen LogP contribution >= 0.6 is 0 Å². The Morgan fingerprint density at radius 3 is 2.50 bits per heavy atom. The summed E-state index contributed by atoms with van der Waals surface area (Å²) in [6, 6.07) is 14.2. The summed E-state index contributed by atoms with van der Waals surface area (Å²) in [6.45, 7) is 2.92. The lowest BCUT2D eigenvalue weighted by molar-refractivity contribution is -0.130. The van der Waals surface area contributed by atoms with Crippen molar-refractivity contribution in [3.8, 4) is 5.75 Å². The Morgan fingerprint density at radius 2 is 1.80 bits per heavy atom. The van der Waals surface area contributed by atoms with Crippen LogP contribution in [0.25, 0.3) is 10.9 Å². The first-order chi connectivity index (χ1) is 14.5. The molecule has 2 amide bonds. The molecule has 2 aromatic carbocycles. The minimum Gasteiger partial charge on any atom is -0.496 e. The van der Waals surface area contributed by atoms with Crippen molar-refractivity contribution in [1.29, 1.82) is 0 Å². The molecule has 1 aliphatic rings. The number of methoxy groups -OCH3 is 1. The van der Waals surface area contributed by atoms with Crippen LogP contribution in [-0.4, -0.2) is 65.2 Å². The summed E-state index contributed by atoms with van der Waals surface area (Å²) in [6.07, 6.45) is 1.55. The van der Waals surface area contributed by atoms with Crippen molar-refractivity contribution in [1.82, 2.24) is 14.8 Å². The van der Waals surface area contributed by atoms with Crippen molar-refractivity contribution in [2.24, 2.45) is 0 Å². The first kappa shape index (κ1) is 19.7. The van der Waals surface area contributed by atoms with Crippen LogP contribution in [0, 0.1) is 0 Å². The lowest BCUT2D eigenvalue weighted by atomic mass is 10.1. The largest absolute Gasteiger partial charge is 0.496 e. The second kappa shape index (κ2) is 8.02. The zero-order valence-corrected chi connectivity index (χ0v) is 16.9. The molecule has 7 heteroatoms. The van der Waals surface area contributed by atoms with E-state index in [9.17, 15) is 14.4 Å². The number of aromatic nitrogens is 1. The molecule has 1 unspecified atom stereocenters. The fourth-order valence-electron chi connectivity index (χ4n) is 3.95. The van der Waals surface area contributed by atoms with Crippen molar-refractivity contribution in [3.63, 3.8) is 0 Å². The molecule has 0 saturated carbocycles. The van der Waals surface area contributed by atoms with E-state index in [4.69, 9.17) is 4.74 Å². The molecule has 0 aliphatic carbocycles. The van der Waals surface area contributed by atoms with Crippen LogP contribution in [0.15, 0.2) is 54.7 Å². The molecule has 7 nitrogen and oxygen atoms in total. The van der Waals surface area contributed by atoms with Gasteiger partial charge in [-0.15, -0.1) is 0 Å². The number of nitrogens with one attached hydrogen (secondary N) is 1. The summed E-state index contributed by atoms with van der Waals surface area (Å²) in [7, 11) is 1.53. The smallest absolute Gasteiger partial charge is 0.295 e. The van der Waals surface area contributed by atoms with Crippen molar-refractivity contribution in [3.05, 3.63) is 65.9 Å². The van der Waals surface area contributed by atoms with Crippen molar-refractivity contribution in [2.75, 3.05) is 26.7 Å². The first-order valence-corrected chi connectivity index (χ1v) is 9.85. The molecule has 0 radical (unpaired) electrons. The number of fused-ring (bicyclic) bond motifs is 1. The van der Waals surface area contributed by atoms with Gasteiger partial charge in [-0.3, -0.25) is 14.4 Å². The fraction of sp³-hybridized carbons (Fsp3) is 0.261. The summed E-state index contributed by atoms with van der Waals surface area (Å²) in [5.41, 5.74) is 1.64. The zero-order chi connectivity index (χ0) is 21.3. The minimum absolute atomic E-state index is 0.0674. The molecule has 2 heterocycles. The monoisotopic (exact) mass is 405 g/mol. The van der Waals surface area contributed by atoms with Crippen LogP contribution in [0.5, 0.6) is 5.75 Å². The van der Waals surface area contributed by atoms with Gasteiger partial charge < -0.3 is 19.5 Å². The molecule has 1 aliphatic heterocycles. The molecule has 1 fully saturated rings. The van der Waals surface area contributed by atoms with E-state index in [0.717, 1.165) is 5.52 Å². The van der Waals surface area contributed by atoms with Gasteiger partial charge >= 0.3 is 0 Å². The normalized spacial score (nSPS) is 16.5. The molecule has 3 aromatic rings. The highest BCUT2D eigenvalue weighted by Gasteiger charge is 2.34. The second-order valence-electron chi connectivity index (χ2n) is 7.38. The third-order valence-electron chi connectivity index (χ3n) is 5.52. The number of amides is 2. The lowest BCUT2D eigenvalue weighted by Gasteiger charge is -2.39. The van der Waals surface area contributed by atoms with Crippen LogP contribution in [0.2, 0.25) is 0 Å². The molecule has 4 rings (SSSR count). The quantitative estimate of drug-likeness (QED) is 0.534. The molecule has 1 saturated heterocycles. The van der Waals surface area contributed by atoms with Gasteiger partial charge in [0.05, 0.1) is 18.1 Å². The second-order valence-corrected chi connectivity index (χ2v) is 7.38. The van der Waals surface area contributed by atoms with Gasteiger partial charge in [-0.25, -0.2) is 0 Å². The molecular formula is C23H23N3O4. The standard InChI is InChI=1S/C23H23N3O4/c1-15-14-25(22(28)16-7-4-3-5-8-16)11-12-26(15)23(29)21(27)17-13-24-18-9-6-10-19(30-2)20(17)18/h3-10,13,15,24H,11-12,14H2,1-2H3. The molecule has 1 aromatic heterocycles. The highest BCUT2D eigenvalue weighted by Crippen LogP contribution is 2.29. The van der Waals surface area contributed by atoms with Gasteiger partial charge in [-0.05, 0) is 31.2 Å². The van der Waals surface area contributed by atoms with Crippen molar-refractivity contribution < 1.29 is 19.1 Å². The zero-order valence-electron chi connectivity index (χ0n) is 16.9. The number of piperazine rings is 1. The SMILES string of the molecule is COc1cccc2[nH]cc(C(=O)C(=O)N3CCN(C(=O)c4ccccc4)CC3C)c12.